The van der Waals surface area contributed by atoms with Crippen LogP contribution in [0.5, 0.6) is 0 Å². The van der Waals surface area contributed by atoms with E-state index in [2.05, 4.69) is 0 Å². The minimum Gasteiger partial charge on any atom is -0.345 e. The van der Waals surface area contributed by atoms with Gasteiger partial charge in [-0.2, -0.15) is 0 Å². The summed E-state index contributed by atoms with van der Waals surface area (Å²) in [5.74, 6) is 0.134. The molecule has 1 amide bonds. The van der Waals surface area contributed by atoms with Gasteiger partial charge < -0.3 is 4.90 Å². The van der Waals surface area contributed by atoms with E-state index in [4.69, 9.17) is 0 Å². The van der Waals surface area contributed by atoms with Crippen LogP contribution in [0.15, 0.2) is 11.6 Å². The van der Waals surface area contributed by atoms with Gasteiger partial charge in [0.25, 0.3) is 0 Å². The van der Waals surface area contributed by atoms with E-state index in [-0.39, 0.29) is 5.91 Å². The Hall–Kier alpha value is -0.790. The summed E-state index contributed by atoms with van der Waals surface area (Å²) in [5, 5.41) is 0. The summed E-state index contributed by atoms with van der Waals surface area (Å²) >= 11 is 0. The monoisotopic (exact) mass is 155 g/mol. The lowest BCUT2D eigenvalue weighted by Crippen LogP contribution is -2.23. The summed E-state index contributed by atoms with van der Waals surface area (Å²) in [6.45, 7) is 4.04. The van der Waals surface area contributed by atoms with Gasteiger partial charge >= 0.3 is 0 Å². The Kier molecular flexibility index (Phi) is 4.59. The summed E-state index contributed by atoms with van der Waals surface area (Å²) in [4.78, 5) is 12.9. The van der Waals surface area contributed by atoms with Gasteiger partial charge in [-0.05, 0) is 12.8 Å². The molecular weight excluding hydrogens is 138 g/mol. The molecule has 0 atom stereocenters. The molecule has 0 bridgehead atoms. The van der Waals surface area contributed by atoms with Gasteiger partial charge in [0, 0.05) is 19.7 Å². The molecule has 0 heterocycles. The Bertz CT molecular complexity index is 159. The number of carbonyl (C=O) groups excluding carboxylic acids is 1. The van der Waals surface area contributed by atoms with Crippen molar-refractivity contribution in [3.8, 4) is 0 Å². The molecule has 0 spiro atoms. The smallest absolute Gasteiger partial charge is 0.248 e. The second-order valence-electron chi connectivity index (χ2n) is 2.69. The van der Waals surface area contributed by atoms with Gasteiger partial charge in [-0.15, -0.1) is 0 Å². The van der Waals surface area contributed by atoms with Crippen molar-refractivity contribution in [2.75, 3.05) is 14.1 Å². The minimum atomic E-state index is 0.134. The van der Waals surface area contributed by atoms with Crippen LogP contribution in [-0.4, -0.2) is 24.9 Å². The quantitative estimate of drug-likeness (QED) is 0.569. The zero-order chi connectivity index (χ0) is 8.85. The van der Waals surface area contributed by atoms with Crippen LogP contribution in [0.1, 0.15) is 26.7 Å². The predicted octanol–water partition coefficient (Wildman–Crippen LogP) is 1.82. The first-order chi connectivity index (χ1) is 5.13. The molecule has 0 unspecified atom stereocenters. The molecule has 0 fully saturated rings. The number of rotatable bonds is 3. The molecule has 0 aromatic heterocycles. The summed E-state index contributed by atoms with van der Waals surface area (Å²) in [6, 6.07) is 0. The molecule has 64 valence electrons. The highest BCUT2D eigenvalue weighted by atomic mass is 16.2. The highest BCUT2D eigenvalue weighted by molar-refractivity contribution is 5.92. The maximum atomic E-state index is 11.3. The van der Waals surface area contributed by atoms with Gasteiger partial charge in [0.05, 0.1) is 0 Å². The fraction of sp³-hybridized carbons (Fsp3) is 0.667. The standard InChI is InChI=1S/C9H17NO/c1-5-7-8(6-2)9(11)10(3)4/h7H,5-6H2,1-4H3/b8-7-. The van der Waals surface area contributed by atoms with E-state index in [1.165, 1.54) is 0 Å². The van der Waals surface area contributed by atoms with Crippen LogP contribution >= 0.6 is 0 Å². The number of allylic oxidation sites excluding steroid dienone is 1. The van der Waals surface area contributed by atoms with Crippen LogP contribution in [-0.2, 0) is 4.79 Å². The average Bonchev–Trinajstić information content (AvgIpc) is 1.98. The van der Waals surface area contributed by atoms with Crippen LogP contribution < -0.4 is 0 Å². The lowest BCUT2D eigenvalue weighted by molar-refractivity contribution is -0.124. The highest BCUT2D eigenvalue weighted by Crippen LogP contribution is 2.04. The number of carbonyl (C=O) groups is 1. The fourth-order valence-corrected chi connectivity index (χ4v) is 0.916. The first-order valence-corrected chi connectivity index (χ1v) is 4.04. The number of likely N-dealkylation sites (N-methyl/N-ethyl adjacent to an activating group) is 1. The van der Waals surface area contributed by atoms with Crippen molar-refractivity contribution >= 4 is 5.91 Å². The fourth-order valence-electron chi connectivity index (χ4n) is 0.916. The molecule has 2 heteroatoms. The van der Waals surface area contributed by atoms with E-state index >= 15 is 0 Å². The minimum absolute atomic E-state index is 0.134. The molecule has 0 saturated heterocycles. The van der Waals surface area contributed by atoms with E-state index in [1.807, 2.05) is 19.9 Å². The van der Waals surface area contributed by atoms with E-state index in [9.17, 15) is 4.79 Å². The van der Waals surface area contributed by atoms with Crippen LogP contribution in [0.4, 0.5) is 0 Å². The van der Waals surface area contributed by atoms with E-state index < -0.39 is 0 Å². The van der Waals surface area contributed by atoms with Gasteiger partial charge in [0.1, 0.15) is 0 Å². The molecule has 0 radical (unpaired) electrons. The summed E-state index contributed by atoms with van der Waals surface area (Å²) in [7, 11) is 3.56. The maximum Gasteiger partial charge on any atom is 0.248 e. The van der Waals surface area contributed by atoms with Crippen molar-refractivity contribution in [3.05, 3.63) is 11.6 Å². The lowest BCUT2D eigenvalue weighted by atomic mass is 10.1. The van der Waals surface area contributed by atoms with Gasteiger partial charge in [-0.1, -0.05) is 19.9 Å². The zero-order valence-corrected chi connectivity index (χ0v) is 7.85. The molecule has 0 aliphatic rings. The Morgan fingerprint density at radius 3 is 2.18 bits per heavy atom. The average molecular weight is 155 g/mol. The van der Waals surface area contributed by atoms with E-state index in [0.717, 1.165) is 18.4 Å². The van der Waals surface area contributed by atoms with Crippen molar-refractivity contribution in [2.45, 2.75) is 26.7 Å². The van der Waals surface area contributed by atoms with Crippen LogP contribution in [0.3, 0.4) is 0 Å². The third-order valence-corrected chi connectivity index (χ3v) is 1.51. The van der Waals surface area contributed by atoms with Gasteiger partial charge in [-0.3, -0.25) is 4.79 Å². The van der Waals surface area contributed by atoms with Crippen molar-refractivity contribution in [1.29, 1.82) is 0 Å². The highest BCUT2D eigenvalue weighted by Gasteiger charge is 2.07. The molecule has 0 rings (SSSR count). The van der Waals surface area contributed by atoms with Gasteiger partial charge in [-0.25, -0.2) is 0 Å². The summed E-state index contributed by atoms with van der Waals surface area (Å²) in [5.41, 5.74) is 0.914. The second kappa shape index (κ2) is 4.94. The molecule has 0 aliphatic heterocycles. The van der Waals surface area contributed by atoms with Gasteiger partial charge in [0.2, 0.25) is 5.91 Å². The SMILES string of the molecule is CC/C=C(/CC)C(=O)N(C)C. The molecule has 0 aromatic rings. The van der Waals surface area contributed by atoms with Crippen molar-refractivity contribution < 1.29 is 4.79 Å². The first-order valence-electron chi connectivity index (χ1n) is 4.04. The first kappa shape index (κ1) is 10.2. The van der Waals surface area contributed by atoms with Crippen LogP contribution in [0.2, 0.25) is 0 Å². The molecule has 0 aromatic carbocycles. The number of hydrogen-bond acceptors (Lipinski definition) is 1. The van der Waals surface area contributed by atoms with E-state index in [1.54, 1.807) is 19.0 Å². The second-order valence-corrected chi connectivity index (χ2v) is 2.69. The van der Waals surface area contributed by atoms with Crippen molar-refractivity contribution in [1.82, 2.24) is 4.90 Å². The van der Waals surface area contributed by atoms with E-state index in [0.29, 0.717) is 0 Å². The molecular formula is C9H17NO. The largest absolute Gasteiger partial charge is 0.345 e. The Morgan fingerprint density at radius 2 is 1.91 bits per heavy atom. The molecule has 0 saturated carbocycles. The Morgan fingerprint density at radius 1 is 1.36 bits per heavy atom. The predicted molar refractivity (Wildman–Crippen MR) is 47.4 cm³/mol. The topological polar surface area (TPSA) is 20.3 Å². The van der Waals surface area contributed by atoms with Crippen LogP contribution in [0.25, 0.3) is 0 Å². The number of amides is 1. The Balaban J connectivity index is 4.26. The summed E-state index contributed by atoms with van der Waals surface area (Å²) in [6.07, 6.45) is 3.75. The maximum absolute atomic E-state index is 11.3. The number of hydrogen-bond donors (Lipinski definition) is 0. The zero-order valence-electron chi connectivity index (χ0n) is 7.85. The third-order valence-electron chi connectivity index (χ3n) is 1.51. The molecule has 11 heavy (non-hydrogen) atoms. The molecule has 2 nitrogen and oxygen atoms in total. The molecule has 0 aliphatic carbocycles. The lowest BCUT2D eigenvalue weighted by Gasteiger charge is -2.11. The normalized spacial score (nSPS) is 11.5. The van der Waals surface area contributed by atoms with Crippen molar-refractivity contribution in [3.63, 3.8) is 0 Å². The summed E-state index contributed by atoms with van der Waals surface area (Å²) < 4.78 is 0. The van der Waals surface area contributed by atoms with Crippen molar-refractivity contribution in [2.24, 2.45) is 0 Å². The third kappa shape index (κ3) is 3.21. The molecule has 0 N–H and O–H groups in total. The van der Waals surface area contributed by atoms with Gasteiger partial charge in [0.15, 0.2) is 0 Å². The Labute approximate surface area is 68.9 Å². The van der Waals surface area contributed by atoms with Crippen LogP contribution in [0, 0.1) is 0 Å². The number of nitrogens with zero attached hydrogens (tertiary/aromatic N) is 1.